The molecule has 0 heterocycles. The number of hydrogen-bond acceptors (Lipinski definition) is 4. The zero-order valence-corrected chi connectivity index (χ0v) is 10.3. The van der Waals surface area contributed by atoms with Crippen LogP contribution >= 0.6 is 0 Å². The molecule has 1 rings (SSSR count). The van der Waals surface area contributed by atoms with E-state index in [2.05, 4.69) is 0 Å². The van der Waals surface area contributed by atoms with Crippen molar-refractivity contribution < 1.29 is 19.1 Å². The highest BCUT2D eigenvalue weighted by atomic mass is 16.5. The van der Waals surface area contributed by atoms with E-state index in [9.17, 15) is 14.4 Å². The third kappa shape index (κ3) is 5.49. The molecule has 0 bridgehead atoms. The first-order valence-corrected chi connectivity index (χ1v) is 5.53. The van der Waals surface area contributed by atoms with Crippen LogP contribution in [0.15, 0.2) is 36.4 Å². The van der Waals surface area contributed by atoms with Crippen LogP contribution in [0, 0.1) is 0 Å². The second-order valence-corrected chi connectivity index (χ2v) is 3.68. The predicted octanol–water partition coefficient (Wildman–Crippen LogP) is 0.826. The van der Waals surface area contributed by atoms with E-state index in [0.717, 1.165) is 5.56 Å². The number of nitrogens with two attached hydrogens (primary N) is 1. The van der Waals surface area contributed by atoms with Crippen LogP contribution in [0.1, 0.15) is 12.5 Å². The molecule has 3 N–H and O–H groups in total. The highest BCUT2D eigenvalue weighted by molar-refractivity contribution is 5.97. The molecule has 0 aliphatic heterocycles. The number of benzene rings is 1. The molecule has 0 saturated carbocycles. The van der Waals surface area contributed by atoms with Gasteiger partial charge in [0.1, 0.15) is 0 Å². The SMILES string of the molecule is C[C@H](OC(=O)/C=C/c1ccccc1)C(=O)NC(N)=O. The number of primary amides is 1. The van der Waals surface area contributed by atoms with Crippen LogP contribution in [-0.4, -0.2) is 24.0 Å². The number of carbonyl (C=O) groups is 3. The van der Waals surface area contributed by atoms with Crippen molar-refractivity contribution in [3.8, 4) is 0 Å². The van der Waals surface area contributed by atoms with Crippen LogP contribution in [0.5, 0.6) is 0 Å². The molecule has 0 aliphatic rings. The van der Waals surface area contributed by atoms with Gasteiger partial charge in [-0.25, -0.2) is 9.59 Å². The maximum atomic E-state index is 11.4. The van der Waals surface area contributed by atoms with Gasteiger partial charge in [-0.05, 0) is 18.6 Å². The van der Waals surface area contributed by atoms with Gasteiger partial charge in [0.05, 0.1) is 0 Å². The fraction of sp³-hybridized carbons (Fsp3) is 0.154. The van der Waals surface area contributed by atoms with Crippen LogP contribution in [0.25, 0.3) is 6.08 Å². The Morgan fingerprint density at radius 1 is 1.26 bits per heavy atom. The first kappa shape index (κ1) is 14.4. The number of ether oxygens (including phenoxy) is 1. The summed E-state index contributed by atoms with van der Waals surface area (Å²) < 4.78 is 4.79. The summed E-state index contributed by atoms with van der Waals surface area (Å²) in [5.74, 6) is -1.45. The summed E-state index contributed by atoms with van der Waals surface area (Å²) in [7, 11) is 0. The van der Waals surface area contributed by atoms with E-state index in [1.54, 1.807) is 6.08 Å². The topological polar surface area (TPSA) is 98.5 Å². The third-order valence-electron chi connectivity index (χ3n) is 2.12. The van der Waals surface area contributed by atoms with E-state index < -0.39 is 24.0 Å². The standard InChI is InChI=1S/C13H14N2O4/c1-9(12(17)15-13(14)18)19-11(16)8-7-10-5-3-2-4-6-10/h2-9H,1H3,(H3,14,15,17,18)/b8-7+/t9-/m0/s1. The number of nitrogens with one attached hydrogen (secondary N) is 1. The minimum Gasteiger partial charge on any atom is -0.449 e. The molecule has 0 fully saturated rings. The summed E-state index contributed by atoms with van der Waals surface area (Å²) >= 11 is 0. The predicted molar refractivity (Wildman–Crippen MR) is 68.8 cm³/mol. The monoisotopic (exact) mass is 262 g/mol. The Labute approximate surface area is 110 Å². The Hall–Kier alpha value is -2.63. The van der Waals surface area contributed by atoms with Crippen molar-refractivity contribution in [1.82, 2.24) is 5.32 Å². The van der Waals surface area contributed by atoms with Crippen molar-refractivity contribution in [3.63, 3.8) is 0 Å². The Kier molecular flexibility index (Phi) is 5.28. The smallest absolute Gasteiger partial charge is 0.331 e. The van der Waals surface area contributed by atoms with Crippen LogP contribution in [0.4, 0.5) is 4.79 Å². The molecule has 0 saturated heterocycles. The number of urea groups is 1. The van der Waals surface area contributed by atoms with Crippen molar-refractivity contribution in [1.29, 1.82) is 0 Å². The van der Waals surface area contributed by atoms with Gasteiger partial charge in [0.15, 0.2) is 6.10 Å². The van der Waals surface area contributed by atoms with Gasteiger partial charge in [-0.15, -0.1) is 0 Å². The van der Waals surface area contributed by atoms with E-state index in [-0.39, 0.29) is 0 Å². The van der Waals surface area contributed by atoms with E-state index in [1.807, 2.05) is 35.6 Å². The van der Waals surface area contributed by atoms with Gasteiger partial charge >= 0.3 is 12.0 Å². The van der Waals surface area contributed by atoms with Gasteiger partial charge in [-0.2, -0.15) is 0 Å². The zero-order chi connectivity index (χ0) is 14.3. The Bertz CT molecular complexity index is 497. The summed E-state index contributed by atoms with van der Waals surface area (Å²) in [4.78, 5) is 33.1. The molecule has 0 unspecified atom stereocenters. The summed E-state index contributed by atoms with van der Waals surface area (Å²) in [5.41, 5.74) is 5.60. The molecular weight excluding hydrogens is 248 g/mol. The molecule has 3 amide bonds. The lowest BCUT2D eigenvalue weighted by atomic mass is 10.2. The van der Waals surface area contributed by atoms with E-state index in [1.165, 1.54) is 13.0 Å². The maximum absolute atomic E-state index is 11.4. The molecule has 6 nitrogen and oxygen atoms in total. The molecule has 6 heteroatoms. The van der Waals surface area contributed by atoms with Crippen molar-refractivity contribution >= 4 is 24.0 Å². The van der Waals surface area contributed by atoms with Crippen LogP contribution in [0.2, 0.25) is 0 Å². The molecule has 1 aromatic rings. The average molecular weight is 262 g/mol. The second-order valence-electron chi connectivity index (χ2n) is 3.68. The second kappa shape index (κ2) is 6.95. The average Bonchev–Trinajstić information content (AvgIpc) is 2.36. The minimum atomic E-state index is -1.10. The van der Waals surface area contributed by atoms with Crippen molar-refractivity contribution in [3.05, 3.63) is 42.0 Å². The number of rotatable bonds is 4. The largest absolute Gasteiger partial charge is 0.449 e. The quantitative estimate of drug-likeness (QED) is 0.620. The van der Waals surface area contributed by atoms with Crippen LogP contribution in [-0.2, 0) is 14.3 Å². The summed E-state index contributed by atoms with van der Waals surface area (Å²) in [6.45, 7) is 1.34. The molecular formula is C13H14N2O4. The molecule has 19 heavy (non-hydrogen) atoms. The van der Waals surface area contributed by atoms with Crippen molar-refractivity contribution in [2.75, 3.05) is 0 Å². The number of esters is 1. The molecule has 1 aromatic carbocycles. The van der Waals surface area contributed by atoms with Gasteiger partial charge < -0.3 is 10.5 Å². The number of imide groups is 1. The minimum absolute atomic E-state index is 0.684. The lowest BCUT2D eigenvalue weighted by molar-refractivity contribution is -0.149. The molecule has 0 radical (unpaired) electrons. The Morgan fingerprint density at radius 2 is 1.89 bits per heavy atom. The van der Waals surface area contributed by atoms with Gasteiger partial charge in [-0.3, -0.25) is 10.1 Å². The van der Waals surface area contributed by atoms with Gasteiger partial charge in [0, 0.05) is 6.08 Å². The molecule has 0 spiro atoms. The van der Waals surface area contributed by atoms with E-state index >= 15 is 0 Å². The van der Waals surface area contributed by atoms with Crippen molar-refractivity contribution in [2.24, 2.45) is 5.73 Å². The van der Waals surface area contributed by atoms with E-state index in [4.69, 9.17) is 10.5 Å². The first-order chi connectivity index (χ1) is 8.99. The Balaban J connectivity index is 2.49. The molecule has 1 atom stereocenters. The zero-order valence-electron chi connectivity index (χ0n) is 10.3. The molecule has 100 valence electrons. The lowest BCUT2D eigenvalue weighted by Crippen LogP contribution is -2.42. The highest BCUT2D eigenvalue weighted by Crippen LogP contribution is 2.02. The first-order valence-electron chi connectivity index (χ1n) is 5.53. The Morgan fingerprint density at radius 3 is 2.47 bits per heavy atom. The van der Waals surface area contributed by atoms with Crippen LogP contribution < -0.4 is 11.1 Å². The van der Waals surface area contributed by atoms with Gasteiger partial charge in [0.2, 0.25) is 0 Å². The van der Waals surface area contributed by atoms with E-state index in [0.29, 0.717) is 0 Å². The number of hydrogen-bond donors (Lipinski definition) is 2. The normalized spacial score (nSPS) is 11.8. The van der Waals surface area contributed by atoms with Gasteiger partial charge in [0.25, 0.3) is 5.91 Å². The summed E-state index contributed by atoms with van der Waals surface area (Å²) in [6.07, 6.45) is 1.66. The molecule has 0 aliphatic carbocycles. The maximum Gasteiger partial charge on any atom is 0.331 e. The lowest BCUT2D eigenvalue weighted by Gasteiger charge is -2.09. The van der Waals surface area contributed by atoms with Crippen LogP contribution in [0.3, 0.4) is 0 Å². The number of carbonyl (C=O) groups excluding carboxylic acids is 3. The highest BCUT2D eigenvalue weighted by Gasteiger charge is 2.17. The summed E-state index contributed by atoms with van der Waals surface area (Å²) in [6, 6.07) is 8.14. The fourth-order valence-corrected chi connectivity index (χ4v) is 1.22. The number of amides is 3. The fourth-order valence-electron chi connectivity index (χ4n) is 1.22. The summed E-state index contributed by atoms with van der Waals surface area (Å²) in [5, 5.41) is 1.82. The van der Waals surface area contributed by atoms with Gasteiger partial charge in [-0.1, -0.05) is 30.3 Å². The molecule has 0 aromatic heterocycles. The van der Waals surface area contributed by atoms with Crippen molar-refractivity contribution in [2.45, 2.75) is 13.0 Å². The third-order valence-corrected chi connectivity index (χ3v) is 2.12.